The molecule has 10 nitrogen and oxygen atoms in total. The average molecular weight is 603 g/mol. The lowest BCUT2D eigenvalue weighted by Crippen LogP contribution is -2.44. The molecule has 0 bridgehead atoms. The highest BCUT2D eigenvalue weighted by Crippen LogP contribution is 2.18. The number of para-hydroxylation sites is 2. The summed E-state index contributed by atoms with van der Waals surface area (Å²) in [4.78, 5) is 54.3. The third kappa shape index (κ3) is 9.54. The second-order valence-electron chi connectivity index (χ2n) is 9.73. The van der Waals surface area contributed by atoms with Crippen LogP contribution in [0.5, 0.6) is 0 Å². The first-order valence-electron chi connectivity index (χ1n) is 13.7. The highest BCUT2D eigenvalue weighted by atomic mass is 35.5. The van der Waals surface area contributed by atoms with Crippen LogP contribution >= 0.6 is 11.6 Å². The molecule has 1 atom stereocenters. The molecule has 11 heteroatoms. The number of rotatable bonds is 13. The normalized spacial score (nSPS) is 11.4. The molecule has 0 unspecified atom stereocenters. The topological polar surface area (TPSA) is 147 Å². The Hall–Kier alpha value is -4.96. The van der Waals surface area contributed by atoms with E-state index in [0.29, 0.717) is 28.2 Å². The predicted molar refractivity (Wildman–Crippen MR) is 163 cm³/mol. The number of hydrogen-bond donors (Lipinski definition) is 4. The van der Waals surface area contributed by atoms with E-state index in [1.807, 2.05) is 18.2 Å². The zero-order chi connectivity index (χ0) is 30.6. The minimum Gasteiger partial charge on any atom is -0.481 e. The molecule has 3 aromatic carbocycles. The molecule has 0 aliphatic heterocycles. The third-order valence-electron chi connectivity index (χ3n) is 6.53. The van der Waals surface area contributed by atoms with Gasteiger partial charge in [0, 0.05) is 29.1 Å². The lowest BCUT2D eigenvalue weighted by Gasteiger charge is -2.20. The molecule has 0 fully saturated rings. The number of hydrogen-bond acceptors (Lipinski definition) is 6. The number of anilines is 1. The van der Waals surface area contributed by atoms with Crippen LogP contribution in [0.25, 0.3) is 10.9 Å². The van der Waals surface area contributed by atoms with Crippen LogP contribution < -0.4 is 16.0 Å². The molecular weight excluding hydrogens is 572 g/mol. The van der Waals surface area contributed by atoms with Crippen LogP contribution in [-0.4, -0.2) is 46.6 Å². The van der Waals surface area contributed by atoms with Crippen LogP contribution in [0.3, 0.4) is 0 Å². The summed E-state index contributed by atoms with van der Waals surface area (Å²) in [5.74, 6) is -1.97. The highest BCUT2D eigenvalue weighted by Gasteiger charge is 2.23. The van der Waals surface area contributed by atoms with Gasteiger partial charge in [0.2, 0.25) is 5.91 Å². The van der Waals surface area contributed by atoms with Gasteiger partial charge >= 0.3 is 12.1 Å². The molecule has 3 amide bonds. The summed E-state index contributed by atoms with van der Waals surface area (Å²) in [5, 5.41) is 18.7. The van der Waals surface area contributed by atoms with Crippen molar-refractivity contribution in [2.24, 2.45) is 0 Å². The molecule has 4 N–H and O–H groups in total. The smallest absolute Gasteiger partial charge is 0.407 e. The SMILES string of the molecule is O=C(O)CCc1ccccc1NC(=O)[C@H](CCCNC(=O)OCc1cccc(Cl)c1)NC(=O)c1ccc2ccccc2n1. The number of aryl methyl sites for hydroxylation is 1. The molecular formula is C32H31ClN4O6. The summed E-state index contributed by atoms with van der Waals surface area (Å²) < 4.78 is 5.22. The fraction of sp³-hybridized carbons (Fsp3) is 0.219. The summed E-state index contributed by atoms with van der Waals surface area (Å²) in [6.45, 7) is 0.241. The maximum absolute atomic E-state index is 13.4. The summed E-state index contributed by atoms with van der Waals surface area (Å²) in [5.41, 5.74) is 2.65. The van der Waals surface area contributed by atoms with Crippen molar-refractivity contribution >= 4 is 52.1 Å². The van der Waals surface area contributed by atoms with Crippen molar-refractivity contribution in [2.75, 3.05) is 11.9 Å². The van der Waals surface area contributed by atoms with Crippen LogP contribution in [0.4, 0.5) is 10.5 Å². The van der Waals surface area contributed by atoms with E-state index in [2.05, 4.69) is 20.9 Å². The van der Waals surface area contributed by atoms with E-state index < -0.39 is 29.9 Å². The number of aliphatic carboxylic acids is 1. The number of ether oxygens (including phenoxy) is 1. The molecule has 4 aromatic rings. The standard InChI is InChI=1S/C32H31ClN4O6/c33-24-10-5-7-21(19-24)20-43-32(42)34-18-6-13-27(30(40)36-26-12-4-2-9-23(26)15-17-29(38)39)37-31(41)28-16-14-22-8-1-3-11-25(22)35-28/h1-5,7-12,14,16,19,27H,6,13,15,17-18,20H2,(H,34,42)(H,36,40)(H,37,41)(H,38,39)/t27-/m0/s1. The van der Waals surface area contributed by atoms with Crippen molar-refractivity contribution in [1.82, 2.24) is 15.6 Å². The summed E-state index contributed by atoms with van der Waals surface area (Å²) in [6, 6.07) is 23.6. The van der Waals surface area contributed by atoms with Crippen LogP contribution in [-0.2, 0) is 27.4 Å². The van der Waals surface area contributed by atoms with Gasteiger partial charge in [0.15, 0.2) is 0 Å². The molecule has 43 heavy (non-hydrogen) atoms. The first-order chi connectivity index (χ1) is 20.8. The molecule has 4 rings (SSSR count). The fourth-order valence-corrected chi connectivity index (χ4v) is 4.55. The van der Waals surface area contributed by atoms with E-state index in [4.69, 9.17) is 21.4 Å². The molecule has 1 aromatic heterocycles. The second-order valence-corrected chi connectivity index (χ2v) is 10.2. The van der Waals surface area contributed by atoms with Gasteiger partial charge in [-0.1, -0.05) is 66.2 Å². The number of pyridine rings is 1. The Morgan fingerprint density at radius 2 is 1.72 bits per heavy atom. The summed E-state index contributed by atoms with van der Waals surface area (Å²) in [7, 11) is 0. The van der Waals surface area contributed by atoms with Crippen LogP contribution in [0.1, 0.15) is 40.9 Å². The minimum atomic E-state index is -0.974. The van der Waals surface area contributed by atoms with E-state index in [0.717, 1.165) is 10.9 Å². The number of nitrogens with zero attached hydrogens (tertiary/aromatic N) is 1. The quantitative estimate of drug-likeness (QED) is 0.151. The van der Waals surface area contributed by atoms with Crippen molar-refractivity contribution in [1.29, 1.82) is 0 Å². The minimum absolute atomic E-state index is 0.0491. The number of aromatic nitrogens is 1. The van der Waals surface area contributed by atoms with E-state index in [-0.39, 0.29) is 38.1 Å². The Morgan fingerprint density at radius 3 is 2.53 bits per heavy atom. The van der Waals surface area contributed by atoms with Crippen LogP contribution in [0, 0.1) is 0 Å². The van der Waals surface area contributed by atoms with Gasteiger partial charge in [0.1, 0.15) is 18.3 Å². The van der Waals surface area contributed by atoms with Gasteiger partial charge in [-0.2, -0.15) is 0 Å². The fourth-order valence-electron chi connectivity index (χ4n) is 4.34. The zero-order valence-corrected chi connectivity index (χ0v) is 24.0. The number of benzene rings is 3. The van der Waals surface area contributed by atoms with E-state index >= 15 is 0 Å². The first-order valence-corrected chi connectivity index (χ1v) is 14.1. The third-order valence-corrected chi connectivity index (χ3v) is 6.77. The van der Waals surface area contributed by atoms with Gasteiger partial charge in [-0.25, -0.2) is 9.78 Å². The van der Waals surface area contributed by atoms with Gasteiger partial charge in [0.05, 0.1) is 5.52 Å². The Morgan fingerprint density at radius 1 is 0.930 bits per heavy atom. The number of alkyl carbamates (subject to hydrolysis) is 1. The Bertz CT molecular complexity index is 1610. The van der Waals surface area contributed by atoms with Gasteiger partial charge in [-0.15, -0.1) is 0 Å². The number of fused-ring (bicyclic) bond motifs is 1. The van der Waals surface area contributed by atoms with E-state index in [1.54, 1.807) is 66.7 Å². The van der Waals surface area contributed by atoms with E-state index in [1.165, 1.54) is 0 Å². The van der Waals surface area contributed by atoms with Crippen molar-refractivity contribution in [3.8, 4) is 0 Å². The lowest BCUT2D eigenvalue weighted by molar-refractivity contribution is -0.137. The van der Waals surface area contributed by atoms with Crippen molar-refractivity contribution in [3.63, 3.8) is 0 Å². The summed E-state index contributed by atoms with van der Waals surface area (Å²) in [6.07, 6.45) is 0.0378. The average Bonchev–Trinajstić information content (AvgIpc) is 3.00. The Labute approximate surface area is 253 Å². The van der Waals surface area contributed by atoms with Gasteiger partial charge in [-0.05, 0) is 60.7 Å². The molecule has 0 radical (unpaired) electrons. The molecule has 0 aliphatic rings. The molecule has 0 spiro atoms. The zero-order valence-electron chi connectivity index (χ0n) is 23.2. The lowest BCUT2D eigenvalue weighted by atomic mass is 10.1. The largest absolute Gasteiger partial charge is 0.481 e. The van der Waals surface area contributed by atoms with Crippen LogP contribution in [0.2, 0.25) is 5.02 Å². The number of amides is 3. The number of carbonyl (C=O) groups excluding carboxylic acids is 3. The number of halogens is 1. The molecule has 0 saturated heterocycles. The number of carbonyl (C=O) groups is 4. The van der Waals surface area contributed by atoms with Crippen molar-refractivity contribution in [2.45, 2.75) is 38.3 Å². The van der Waals surface area contributed by atoms with Gasteiger partial charge in [0.25, 0.3) is 5.91 Å². The predicted octanol–water partition coefficient (Wildman–Crippen LogP) is 5.35. The Balaban J connectivity index is 1.40. The summed E-state index contributed by atoms with van der Waals surface area (Å²) >= 11 is 5.96. The van der Waals surface area contributed by atoms with Crippen molar-refractivity contribution in [3.05, 3.63) is 107 Å². The first kappa shape index (κ1) is 31.0. The molecule has 0 saturated carbocycles. The molecule has 222 valence electrons. The molecule has 0 aliphatic carbocycles. The Kier molecular flexibility index (Phi) is 11.0. The second kappa shape index (κ2) is 15.3. The monoisotopic (exact) mass is 602 g/mol. The van der Waals surface area contributed by atoms with Crippen LogP contribution in [0.15, 0.2) is 84.9 Å². The molecule has 1 heterocycles. The van der Waals surface area contributed by atoms with E-state index in [9.17, 15) is 19.2 Å². The number of carboxylic acids is 1. The van der Waals surface area contributed by atoms with Gasteiger partial charge < -0.3 is 25.8 Å². The van der Waals surface area contributed by atoms with Gasteiger partial charge in [-0.3, -0.25) is 14.4 Å². The number of nitrogens with one attached hydrogen (secondary N) is 3. The number of carboxylic acid groups (broad SMARTS) is 1. The maximum Gasteiger partial charge on any atom is 0.407 e. The highest BCUT2D eigenvalue weighted by molar-refractivity contribution is 6.30. The maximum atomic E-state index is 13.4. The van der Waals surface area contributed by atoms with Crippen molar-refractivity contribution < 1.29 is 29.0 Å².